The Kier molecular flexibility index (Phi) is 2.82. The Morgan fingerprint density at radius 2 is 2.00 bits per heavy atom. The third-order valence-corrected chi connectivity index (χ3v) is 3.19. The van der Waals surface area contributed by atoms with Crippen LogP contribution >= 0.6 is 0 Å². The minimum absolute atomic E-state index is 0.261. The van der Waals surface area contributed by atoms with E-state index in [0.717, 1.165) is 22.3 Å². The average molecular weight is 245 g/mol. The van der Waals surface area contributed by atoms with E-state index in [2.05, 4.69) is 5.10 Å². The molecule has 18 heavy (non-hydrogen) atoms. The summed E-state index contributed by atoms with van der Waals surface area (Å²) < 4.78 is 1.57. The number of hydrogen-bond acceptors (Lipinski definition) is 3. The maximum absolute atomic E-state index is 11.1. The highest BCUT2D eigenvalue weighted by Crippen LogP contribution is 2.30. The lowest BCUT2D eigenvalue weighted by molar-refractivity contribution is 0.0697. The Hall–Kier alpha value is -2.30. The largest absolute Gasteiger partial charge is 0.478 e. The molecule has 0 atom stereocenters. The van der Waals surface area contributed by atoms with Crippen LogP contribution in [-0.2, 0) is 7.05 Å². The molecule has 1 heterocycles. The smallest absolute Gasteiger partial charge is 0.335 e. The molecule has 0 aliphatic heterocycles. The SMILES string of the molecule is Cc1cc(C(=O)O)cc(-c2cnn(C)c2N)c1C. The van der Waals surface area contributed by atoms with Crippen LogP contribution in [0.1, 0.15) is 21.5 Å². The summed E-state index contributed by atoms with van der Waals surface area (Å²) in [6.45, 7) is 3.83. The zero-order chi connectivity index (χ0) is 13.4. The second-order valence-corrected chi connectivity index (χ2v) is 4.34. The van der Waals surface area contributed by atoms with Crippen LogP contribution in [0.15, 0.2) is 18.3 Å². The molecule has 0 unspecified atom stereocenters. The number of carboxylic acids is 1. The van der Waals surface area contributed by atoms with Gasteiger partial charge in [0.25, 0.3) is 0 Å². The van der Waals surface area contributed by atoms with Gasteiger partial charge in [-0.2, -0.15) is 5.10 Å². The molecule has 0 spiro atoms. The summed E-state index contributed by atoms with van der Waals surface area (Å²) in [4.78, 5) is 11.1. The van der Waals surface area contributed by atoms with E-state index in [4.69, 9.17) is 10.8 Å². The van der Waals surface area contributed by atoms with Crippen molar-refractivity contribution < 1.29 is 9.90 Å². The van der Waals surface area contributed by atoms with E-state index < -0.39 is 5.97 Å². The number of aromatic nitrogens is 2. The van der Waals surface area contributed by atoms with Gasteiger partial charge in [-0.1, -0.05) is 0 Å². The maximum Gasteiger partial charge on any atom is 0.335 e. The second-order valence-electron chi connectivity index (χ2n) is 4.34. The standard InChI is InChI=1S/C13H15N3O2/c1-7-4-9(13(17)18)5-10(8(7)2)11-6-15-16(3)12(11)14/h4-6H,14H2,1-3H3,(H,17,18). The predicted molar refractivity (Wildman–Crippen MR) is 69.5 cm³/mol. The van der Waals surface area contributed by atoms with Crippen LogP contribution in [-0.4, -0.2) is 20.9 Å². The Morgan fingerprint density at radius 3 is 2.50 bits per heavy atom. The molecule has 2 rings (SSSR count). The van der Waals surface area contributed by atoms with Crippen molar-refractivity contribution in [3.05, 3.63) is 35.0 Å². The van der Waals surface area contributed by atoms with Gasteiger partial charge in [-0.3, -0.25) is 4.68 Å². The van der Waals surface area contributed by atoms with Crippen LogP contribution in [0.3, 0.4) is 0 Å². The third kappa shape index (κ3) is 1.84. The van der Waals surface area contributed by atoms with Gasteiger partial charge in [-0.05, 0) is 42.7 Å². The minimum atomic E-state index is -0.943. The molecule has 0 bridgehead atoms. The first-order valence-corrected chi connectivity index (χ1v) is 5.54. The lowest BCUT2D eigenvalue weighted by Gasteiger charge is -2.10. The molecular formula is C13H15N3O2. The van der Waals surface area contributed by atoms with Crippen molar-refractivity contribution in [1.29, 1.82) is 0 Å². The summed E-state index contributed by atoms with van der Waals surface area (Å²) in [7, 11) is 1.75. The Bertz CT molecular complexity index is 629. The number of benzene rings is 1. The van der Waals surface area contributed by atoms with Crippen LogP contribution in [0.25, 0.3) is 11.1 Å². The van der Waals surface area contributed by atoms with Crippen LogP contribution < -0.4 is 5.73 Å². The van der Waals surface area contributed by atoms with Gasteiger partial charge in [0.05, 0.1) is 11.8 Å². The van der Waals surface area contributed by atoms with Gasteiger partial charge in [0.15, 0.2) is 0 Å². The number of anilines is 1. The van der Waals surface area contributed by atoms with E-state index in [0.29, 0.717) is 5.82 Å². The summed E-state index contributed by atoms with van der Waals surface area (Å²) in [5.74, 6) is -0.415. The average Bonchev–Trinajstić information content (AvgIpc) is 2.63. The molecule has 0 saturated heterocycles. The molecule has 0 saturated carbocycles. The summed E-state index contributed by atoms with van der Waals surface area (Å²) in [6.07, 6.45) is 1.66. The van der Waals surface area contributed by atoms with Crippen molar-refractivity contribution in [3.8, 4) is 11.1 Å². The van der Waals surface area contributed by atoms with Crippen molar-refractivity contribution in [3.63, 3.8) is 0 Å². The zero-order valence-corrected chi connectivity index (χ0v) is 10.6. The third-order valence-electron chi connectivity index (χ3n) is 3.19. The van der Waals surface area contributed by atoms with E-state index in [1.165, 1.54) is 0 Å². The molecule has 0 radical (unpaired) electrons. The number of nitrogens with zero attached hydrogens (tertiary/aromatic N) is 2. The number of carbonyl (C=O) groups is 1. The highest BCUT2D eigenvalue weighted by molar-refractivity contribution is 5.91. The molecule has 94 valence electrons. The molecule has 2 aromatic rings. The van der Waals surface area contributed by atoms with Crippen molar-refractivity contribution >= 4 is 11.8 Å². The van der Waals surface area contributed by atoms with Crippen LogP contribution in [0.4, 0.5) is 5.82 Å². The minimum Gasteiger partial charge on any atom is -0.478 e. The highest BCUT2D eigenvalue weighted by atomic mass is 16.4. The first-order valence-electron chi connectivity index (χ1n) is 5.54. The van der Waals surface area contributed by atoms with E-state index in [9.17, 15) is 4.79 Å². The number of hydrogen-bond donors (Lipinski definition) is 2. The number of aryl methyl sites for hydroxylation is 2. The van der Waals surface area contributed by atoms with E-state index in [1.807, 2.05) is 13.8 Å². The topological polar surface area (TPSA) is 81.1 Å². The van der Waals surface area contributed by atoms with Gasteiger partial charge >= 0.3 is 5.97 Å². The monoisotopic (exact) mass is 245 g/mol. The van der Waals surface area contributed by atoms with Crippen molar-refractivity contribution in [1.82, 2.24) is 9.78 Å². The molecule has 5 nitrogen and oxygen atoms in total. The normalized spacial score (nSPS) is 10.6. The fourth-order valence-corrected chi connectivity index (χ4v) is 1.92. The fourth-order valence-electron chi connectivity index (χ4n) is 1.92. The number of aromatic carboxylic acids is 1. The molecule has 1 aromatic carbocycles. The molecule has 0 fully saturated rings. The number of nitrogen functional groups attached to an aromatic ring is 1. The van der Waals surface area contributed by atoms with Crippen LogP contribution in [0.5, 0.6) is 0 Å². The Labute approximate surface area is 105 Å². The van der Waals surface area contributed by atoms with E-state index in [1.54, 1.807) is 30.1 Å². The lowest BCUT2D eigenvalue weighted by Crippen LogP contribution is -2.01. The predicted octanol–water partition coefficient (Wildman–Crippen LogP) is 1.98. The first kappa shape index (κ1) is 12.2. The van der Waals surface area contributed by atoms with Gasteiger partial charge < -0.3 is 10.8 Å². The van der Waals surface area contributed by atoms with Crippen molar-refractivity contribution in [2.24, 2.45) is 7.05 Å². The van der Waals surface area contributed by atoms with E-state index in [-0.39, 0.29) is 5.56 Å². The zero-order valence-electron chi connectivity index (χ0n) is 10.6. The van der Waals surface area contributed by atoms with E-state index >= 15 is 0 Å². The van der Waals surface area contributed by atoms with Crippen LogP contribution in [0, 0.1) is 13.8 Å². The van der Waals surface area contributed by atoms with Crippen molar-refractivity contribution in [2.45, 2.75) is 13.8 Å². The molecule has 5 heteroatoms. The molecule has 0 aliphatic rings. The number of carboxylic acid groups (broad SMARTS) is 1. The molecule has 0 aliphatic carbocycles. The Morgan fingerprint density at radius 1 is 1.33 bits per heavy atom. The molecule has 3 N–H and O–H groups in total. The van der Waals surface area contributed by atoms with Gasteiger partial charge in [0, 0.05) is 12.6 Å². The quantitative estimate of drug-likeness (QED) is 0.847. The maximum atomic E-state index is 11.1. The molecule has 1 aromatic heterocycles. The van der Waals surface area contributed by atoms with Gasteiger partial charge in [0.2, 0.25) is 0 Å². The highest BCUT2D eigenvalue weighted by Gasteiger charge is 2.14. The summed E-state index contributed by atoms with van der Waals surface area (Å²) in [6, 6.07) is 3.30. The van der Waals surface area contributed by atoms with Gasteiger partial charge in [-0.15, -0.1) is 0 Å². The van der Waals surface area contributed by atoms with Gasteiger partial charge in [0.1, 0.15) is 5.82 Å². The summed E-state index contributed by atoms with van der Waals surface area (Å²) in [5.41, 5.74) is 9.71. The number of nitrogens with two attached hydrogens (primary N) is 1. The summed E-state index contributed by atoms with van der Waals surface area (Å²) >= 11 is 0. The van der Waals surface area contributed by atoms with Crippen LogP contribution in [0.2, 0.25) is 0 Å². The lowest BCUT2D eigenvalue weighted by atomic mass is 9.95. The Balaban J connectivity index is 2.70. The molecular weight excluding hydrogens is 230 g/mol. The fraction of sp³-hybridized carbons (Fsp3) is 0.231. The van der Waals surface area contributed by atoms with Crippen molar-refractivity contribution in [2.75, 3.05) is 5.73 Å². The molecule has 0 amide bonds. The van der Waals surface area contributed by atoms with Gasteiger partial charge in [-0.25, -0.2) is 4.79 Å². The second kappa shape index (κ2) is 4.18. The summed E-state index contributed by atoms with van der Waals surface area (Å²) in [5, 5.41) is 13.2. The number of rotatable bonds is 2. The first-order chi connectivity index (χ1) is 8.41.